The van der Waals surface area contributed by atoms with E-state index < -0.39 is 0 Å². The van der Waals surface area contributed by atoms with Gasteiger partial charge in [-0.05, 0) is 38.1 Å². The Balaban J connectivity index is 1.57. The van der Waals surface area contributed by atoms with E-state index in [1.165, 1.54) is 0 Å². The van der Waals surface area contributed by atoms with Gasteiger partial charge in [-0.25, -0.2) is 0 Å². The third kappa shape index (κ3) is 3.47. The van der Waals surface area contributed by atoms with Gasteiger partial charge in [0.2, 0.25) is 11.8 Å². The minimum atomic E-state index is -0.337. The minimum Gasteiger partial charge on any atom is -0.467 e. The summed E-state index contributed by atoms with van der Waals surface area (Å²) < 4.78 is 10.8. The molecule has 3 rings (SSSR count). The van der Waals surface area contributed by atoms with Crippen LogP contribution in [-0.2, 0) is 16.1 Å². The van der Waals surface area contributed by atoms with Crippen LogP contribution in [0.25, 0.3) is 0 Å². The summed E-state index contributed by atoms with van der Waals surface area (Å²) in [5.74, 6) is 1.76. The summed E-state index contributed by atoms with van der Waals surface area (Å²) in [6.07, 6.45) is 1.81. The number of aryl methyl sites for hydroxylation is 1. The van der Waals surface area contributed by atoms with E-state index in [2.05, 4.69) is 5.32 Å². The van der Waals surface area contributed by atoms with Gasteiger partial charge in [0.05, 0.1) is 24.8 Å². The molecule has 6 nitrogen and oxygen atoms in total. The lowest BCUT2D eigenvalue weighted by molar-refractivity contribution is -0.129. The van der Waals surface area contributed by atoms with E-state index >= 15 is 0 Å². The topological polar surface area (TPSA) is 75.7 Å². The van der Waals surface area contributed by atoms with Crippen LogP contribution in [0.15, 0.2) is 39.4 Å². The molecule has 0 spiro atoms. The van der Waals surface area contributed by atoms with Gasteiger partial charge in [-0.3, -0.25) is 9.59 Å². The molecule has 0 bridgehead atoms. The second kappa shape index (κ2) is 6.32. The molecule has 2 aromatic heterocycles. The molecule has 0 radical (unpaired) electrons. The third-order valence-corrected chi connectivity index (χ3v) is 4.06. The second-order valence-corrected chi connectivity index (χ2v) is 5.93. The third-order valence-electron chi connectivity index (χ3n) is 4.06. The van der Waals surface area contributed by atoms with Crippen molar-refractivity contribution in [2.24, 2.45) is 5.92 Å². The number of likely N-dealkylation sites (tertiary alicyclic amines) is 1. The molecular formula is C17H20N2O4. The largest absolute Gasteiger partial charge is 0.467 e. The van der Waals surface area contributed by atoms with Crippen LogP contribution in [0.5, 0.6) is 0 Å². The predicted molar refractivity (Wildman–Crippen MR) is 82.2 cm³/mol. The summed E-state index contributed by atoms with van der Waals surface area (Å²) in [5.41, 5.74) is 0. The van der Waals surface area contributed by atoms with E-state index in [1.54, 1.807) is 17.2 Å². The molecule has 0 aliphatic carbocycles. The Labute approximate surface area is 134 Å². The van der Waals surface area contributed by atoms with Crippen molar-refractivity contribution in [1.82, 2.24) is 10.2 Å². The molecule has 1 aliphatic heterocycles. The van der Waals surface area contributed by atoms with Crippen LogP contribution in [0.2, 0.25) is 0 Å². The summed E-state index contributed by atoms with van der Waals surface area (Å²) in [4.78, 5) is 26.1. The van der Waals surface area contributed by atoms with Gasteiger partial charge in [0.15, 0.2) is 0 Å². The minimum absolute atomic E-state index is 0.0250. The van der Waals surface area contributed by atoms with Crippen LogP contribution in [0.3, 0.4) is 0 Å². The Morgan fingerprint density at radius 3 is 2.91 bits per heavy atom. The van der Waals surface area contributed by atoms with Gasteiger partial charge in [-0.15, -0.1) is 0 Å². The van der Waals surface area contributed by atoms with Crippen molar-refractivity contribution in [3.05, 3.63) is 47.8 Å². The Morgan fingerprint density at radius 1 is 1.43 bits per heavy atom. The van der Waals surface area contributed by atoms with Crippen molar-refractivity contribution in [2.75, 3.05) is 6.54 Å². The zero-order chi connectivity index (χ0) is 16.4. The Bertz CT molecular complexity index is 689. The fourth-order valence-corrected chi connectivity index (χ4v) is 2.78. The van der Waals surface area contributed by atoms with Gasteiger partial charge in [-0.2, -0.15) is 0 Å². The zero-order valence-electron chi connectivity index (χ0n) is 13.2. The number of carbonyl (C=O) groups is 2. The van der Waals surface area contributed by atoms with E-state index in [1.807, 2.05) is 32.0 Å². The standard InChI is InChI=1S/C17H20N2O4/c1-11-5-6-15(23-11)12(2)18-17(21)13-8-16(20)19(9-13)10-14-4-3-7-22-14/h3-7,12-13H,8-10H2,1-2H3,(H,18,21). The van der Waals surface area contributed by atoms with Gasteiger partial charge in [0.25, 0.3) is 0 Å². The lowest BCUT2D eigenvalue weighted by Crippen LogP contribution is -2.34. The molecule has 6 heteroatoms. The highest BCUT2D eigenvalue weighted by Crippen LogP contribution is 2.22. The SMILES string of the molecule is Cc1ccc(C(C)NC(=O)C2CC(=O)N(Cc3ccco3)C2)o1. The molecule has 3 heterocycles. The van der Waals surface area contributed by atoms with Gasteiger partial charge >= 0.3 is 0 Å². The molecule has 1 aliphatic rings. The maximum Gasteiger partial charge on any atom is 0.226 e. The summed E-state index contributed by atoms with van der Waals surface area (Å²) >= 11 is 0. The molecule has 2 atom stereocenters. The molecular weight excluding hydrogens is 296 g/mol. The number of rotatable bonds is 5. The van der Waals surface area contributed by atoms with Crippen molar-refractivity contribution in [3.8, 4) is 0 Å². The summed E-state index contributed by atoms with van der Waals surface area (Å²) in [6.45, 7) is 4.55. The highest BCUT2D eigenvalue weighted by molar-refractivity contribution is 5.89. The average molecular weight is 316 g/mol. The lowest BCUT2D eigenvalue weighted by atomic mass is 10.1. The Hall–Kier alpha value is -2.50. The van der Waals surface area contributed by atoms with E-state index in [9.17, 15) is 9.59 Å². The first-order valence-corrected chi connectivity index (χ1v) is 7.70. The number of nitrogens with zero attached hydrogens (tertiary/aromatic N) is 1. The average Bonchev–Trinajstić information content (AvgIpc) is 3.22. The van der Waals surface area contributed by atoms with Crippen molar-refractivity contribution in [2.45, 2.75) is 32.9 Å². The van der Waals surface area contributed by atoms with E-state index in [4.69, 9.17) is 8.83 Å². The quantitative estimate of drug-likeness (QED) is 0.919. The molecule has 1 saturated heterocycles. The van der Waals surface area contributed by atoms with Crippen molar-refractivity contribution >= 4 is 11.8 Å². The van der Waals surface area contributed by atoms with Crippen LogP contribution in [0, 0.1) is 12.8 Å². The summed E-state index contributed by atoms with van der Waals surface area (Å²) in [7, 11) is 0. The smallest absolute Gasteiger partial charge is 0.226 e. The van der Waals surface area contributed by atoms with Crippen LogP contribution in [0.1, 0.15) is 36.7 Å². The first-order chi connectivity index (χ1) is 11.0. The van der Waals surface area contributed by atoms with E-state index in [0.717, 1.165) is 11.5 Å². The summed E-state index contributed by atoms with van der Waals surface area (Å²) in [6, 6.07) is 7.10. The van der Waals surface area contributed by atoms with Crippen molar-refractivity contribution in [3.63, 3.8) is 0 Å². The van der Waals surface area contributed by atoms with Crippen LogP contribution in [-0.4, -0.2) is 23.3 Å². The first-order valence-electron chi connectivity index (χ1n) is 7.70. The molecule has 23 heavy (non-hydrogen) atoms. The lowest BCUT2D eigenvalue weighted by Gasteiger charge is -2.17. The normalized spacial score (nSPS) is 19.1. The van der Waals surface area contributed by atoms with Crippen LogP contribution in [0.4, 0.5) is 0 Å². The van der Waals surface area contributed by atoms with Crippen molar-refractivity contribution < 1.29 is 18.4 Å². The van der Waals surface area contributed by atoms with Gasteiger partial charge in [0, 0.05) is 13.0 Å². The first kappa shape index (κ1) is 15.4. The molecule has 2 aromatic rings. The van der Waals surface area contributed by atoms with Crippen LogP contribution < -0.4 is 5.32 Å². The summed E-state index contributed by atoms with van der Waals surface area (Å²) in [5, 5.41) is 2.92. The molecule has 2 unspecified atom stereocenters. The molecule has 1 fully saturated rings. The number of carbonyl (C=O) groups excluding carboxylic acids is 2. The van der Waals surface area contributed by atoms with E-state index in [0.29, 0.717) is 18.8 Å². The maximum atomic E-state index is 12.4. The highest BCUT2D eigenvalue weighted by atomic mass is 16.3. The van der Waals surface area contributed by atoms with Gasteiger partial charge in [0.1, 0.15) is 17.3 Å². The van der Waals surface area contributed by atoms with E-state index in [-0.39, 0.29) is 30.2 Å². The number of hydrogen-bond acceptors (Lipinski definition) is 4. The molecule has 0 saturated carbocycles. The number of nitrogens with one attached hydrogen (secondary N) is 1. The second-order valence-electron chi connectivity index (χ2n) is 5.93. The molecule has 2 amide bonds. The Morgan fingerprint density at radius 2 is 2.26 bits per heavy atom. The highest BCUT2D eigenvalue weighted by Gasteiger charge is 2.35. The van der Waals surface area contributed by atoms with Gasteiger partial charge < -0.3 is 19.1 Å². The number of furan rings is 2. The number of hydrogen-bond donors (Lipinski definition) is 1. The fraction of sp³-hybridized carbons (Fsp3) is 0.412. The molecule has 122 valence electrons. The molecule has 1 N–H and O–H groups in total. The maximum absolute atomic E-state index is 12.4. The predicted octanol–water partition coefficient (Wildman–Crippen LogP) is 2.41. The number of amides is 2. The van der Waals surface area contributed by atoms with Gasteiger partial charge in [-0.1, -0.05) is 0 Å². The Kier molecular flexibility index (Phi) is 4.23. The monoisotopic (exact) mass is 316 g/mol. The zero-order valence-corrected chi connectivity index (χ0v) is 13.2. The van der Waals surface area contributed by atoms with Crippen molar-refractivity contribution in [1.29, 1.82) is 0 Å². The van der Waals surface area contributed by atoms with Crippen LogP contribution >= 0.6 is 0 Å². The fourth-order valence-electron chi connectivity index (χ4n) is 2.78. The molecule has 0 aromatic carbocycles.